The fourth-order valence-corrected chi connectivity index (χ4v) is 2.03. The molecule has 0 rings (SSSR count). The molecule has 0 fully saturated rings. The first-order valence-corrected chi connectivity index (χ1v) is 6.49. The molecule has 0 heterocycles. The number of nitrogens with one attached hydrogen (secondary N) is 1. The summed E-state index contributed by atoms with van der Waals surface area (Å²) < 4.78 is 0. The summed E-state index contributed by atoms with van der Waals surface area (Å²) in [5.74, 6) is 0.295. The topological polar surface area (TPSA) is 49.3 Å². The van der Waals surface area contributed by atoms with E-state index in [-0.39, 0.29) is 24.0 Å². The summed E-state index contributed by atoms with van der Waals surface area (Å²) in [6.45, 7) is 7.90. The Labute approximate surface area is 99.6 Å². The van der Waals surface area contributed by atoms with E-state index in [9.17, 15) is 9.90 Å². The Balaban J connectivity index is 4.07. The first-order valence-electron chi connectivity index (χ1n) is 6.49. The van der Waals surface area contributed by atoms with E-state index in [0.717, 1.165) is 25.7 Å². The van der Waals surface area contributed by atoms with Gasteiger partial charge in [-0.1, -0.05) is 26.7 Å². The highest BCUT2D eigenvalue weighted by Crippen LogP contribution is 2.14. The van der Waals surface area contributed by atoms with E-state index in [0.29, 0.717) is 6.42 Å². The minimum atomic E-state index is -0.355. The monoisotopic (exact) mass is 229 g/mol. The van der Waals surface area contributed by atoms with Crippen LogP contribution in [0.2, 0.25) is 0 Å². The first kappa shape index (κ1) is 15.4. The molecule has 0 aliphatic carbocycles. The van der Waals surface area contributed by atoms with Gasteiger partial charge in [-0.05, 0) is 33.1 Å². The van der Waals surface area contributed by atoms with Crippen molar-refractivity contribution in [2.45, 2.75) is 71.9 Å². The van der Waals surface area contributed by atoms with Crippen LogP contribution in [0, 0.1) is 5.92 Å². The molecule has 0 spiro atoms. The molecule has 16 heavy (non-hydrogen) atoms. The minimum absolute atomic E-state index is 0.0590. The second-order valence-corrected chi connectivity index (χ2v) is 4.77. The lowest BCUT2D eigenvalue weighted by Crippen LogP contribution is -2.38. The highest BCUT2D eigenvalue weighted by molar-refractivity contribution is 5.78. The number of rotatable bonds is 8. The van der Waals surface area contributed by atoms with Gasteiger partial charge in [0.2, 0.25) is 5.91 Å². The number of carbonyl (C=O) groups is 1. The predicted octanol–water partition coefficient (Wildman–Crippen LogP) is 2.48. The number of hydrogen-bond donors (Lipinski definition) is 2. The smallest absolute Gasteiger partial charge is 0.223 e. The fourth-order valence-electron chi connectivity index (χ4n) is 2.03. The van der Waals surface area contributed by atoms with E-state index in [1.807, 2.05) is 6.92 Å². The number of amides is 1. The van der Waals surface area contributed by atoms with Crippen molar-refractivity contribution in [1.82, 2.24) is 5.32 Å². The van der Waals surface area contributed by atoms with Gasteiger partial charge in [0.05, 0.1) is 6.10 Å². The van der Waals surface area contributed by atoms with Gasteiger partial charge in [-0.25, -0.2) is 0 Å². The van der Waals surface area contributed by atoms with Crippen molar-refractivity contribution >= 4 is 5.91 Å². The highest BCUT2D eigenvalue weighted by atomic mass is 16.3. The molecule has 0 saturated heterocycles. The fraction of sp³-hybridized carbons (Fsp3) is 0.923. The van der Waals surface area contributed by atoms with Crippen LogP contribution in [0.15, 0.2) is 0 Å². The Morgan fingerprint density at radius 1 is 1.19 bits per heavy atom. The molecule has 1 amide bonds. The number of carbonyl (C=O) groups excluding carboxylic acids is 1. The van der Waals surface area contributed by atoms with Crippen LogP contribution < -0.4 is 5.32 Å². The van der Waals surface area contributed by atoms with E-state index in [2.05, 4.69) is 19.2 Å². The number of aliphatic hydroxyl groups is 1. The average molecular weight is 229 g/mol. The van der Waals surface area contributed by atoms with Crippen LogP contribution in [-0.4, -0.2) is 23.2 Å². The molecule has 0 aromatic carbocycles. The van der Waals surface area contributed by atoms with Crippen LogP contribution in [0.1, 0.15) is 59.8 Å². The Kier molecular flexibility index (Phi) is 8.26. The molecular weight excluding hydrogens is 202 g/mol. The van der Waals surface area contributed by atoms with E-state index in [1.54, 1.807) is 6.92 Å². The van der Waals surface area contributed by atoms with Crippen molar-refractivity contribution in [1.29, 1.82) is 0 Å². The summed E-state index contributed by atoms with van der Waals surface area (Å²) in [5.41, 5.74) is 0. The Bertz CT molecular complexity index is 186. The molecule has 0 aliphatic rings. The van der Waals surface area contributed by atoms with Crippen molar-refractivity contribution in [3.63, 3.8) is 0 Å². The Morgan fingerprint density at radius 2 is 1.69 bits per heavy atom. The van der Waals surface area contributed by atoms with Gasteiger partial charge in [0.1, 0.15) is 0 Å². The molecule has 2 unspecified atom stereocenters. The SMILES string of the molecule is CCCC(CCC)C(=O)NC(C)CC(C)O. The summed E-state index contributed by atoms with van der Waals surface area (Å²) in [6.07, 6.45) is 4.27. The normalized spacial score (nSPS) is 14.9. The molecule has 0 aromatic rings. The lowest BCUT2D eigenvalue weighted by Gasteiger charge is -2.20. The molecule has 0 aliphatic heterocycles. The molecule has 0 aromatic heterocycles. The molecule has 3 nitrogen and oxygen atoms in total. The van der Waals surface area contributed by atoms with E-state index in [4.69, 9.17) is 0 Å². The van der Waals surface area contributed by atoms with Gasteiger partial charge < -0.3 is 10.4 Å². The molecule has 96 valence electrons. The van der Waals surface area contributed by atoms with Crippen LogP contribution in [-0.2, 0) is 4.79 Å². The van der Waals surface area contributed by atoms with Gasteiger partial charge in [-0.15, -0.1) is 0 Å². The lowest BCUT2D eigenvalue weighted by molar-refractivity contribution is -0.126. The van der Waals surface area contributed by atoms with Gasteiger partial charge >= 0.3 is 0 Å². The van der Waals surface area contributed by atoms with Crippen molar-refractivity contribution in [3.8, 4) is 0 Å². The molecule has 0 bridgehead atoms. The third-order valence-electron chi connectivity index (χ3n) is 2.73. The standard InChI is InChI=1S/C13H27NO2/c1-5-7-12(8-6-2)13(16)14-10(3)9-11(4)15/h10-12,15H,5-9H2,1-4H3,(H,14,16). The third-order valence-corrected chi connectivity index (χ3v) is 2.73. The summed E-state index contributed by atoms with van der Waals surface area (Å²) in [6, 6.07) is 0.0590. The molecule has 0 saturated carbocycles. The lowest BCUT2D eigenvalue weighted by atomic mass is 9.97. The maximum absolute atomic E-state index is 11.9. The minimum Gasteiger partial charge on any atom is -0.393 e. The molecule has 2 atom stereocenters. The number of aliphatic hydroxyl groups excluding tert-OH is 1. The second-order valence-electron chi connectivity index (χ2n) is 4.77. The quantitative estimate of drug-likeness (QED) is 0.672. The Morgan fingerprint density at radius 3 is 2.06 bits per heavy atom. The zero-order valence-electron chi connectivity index (χ0n) is 11.1. The average Bonchev–Trinajstić information content (AvgIpc) is 2.15. The van der Waals surface area contributed by atoms with Gasteiger partial charge in [0.15, 0.2) is 0 Å². The van der Waals surface area contributed by atoms with E-state index < -0.39 is 0 Å². The van der Waals surface area contributed by atoms with E-state index >= 15 is 0 Å². The maximum Gasteiger partial charge on any atom is 0.223 e. The van der Waals surface area contributed by atoms with Crippen molar-refractivity contribution in [2.24, 2.45) is 5.92 Å². The first-order chi connectivity index (χ1) is 7.51. The van der Waals surface area contributed by atoms with Crippen LogP contribution in [0.25, 0.3) is 0 Å². The third kappa shape index (κ3) is 6.83. The zero-order chi connectivity index (χ0) is 12.6. The zero-order valence-corrected chi connectivity index (χ0v) is 11.1. The predicted molar refractivity (Wildman–Crippen MR) is 67.2 cm³/mol. The molecule has 0 radical (unpaired) electrons. The molecular formula is C13H27NO2. The second kappa shape index (κ2) is 8.57. The van der Waals surface area contributed by atoms with Crippen LogP contribution in [0.4, 0.5) is 0 Å². The summed E-state index contributed by atoms with van der Waals surface area (Å²) in [5, 5.41) is 12.2. The van der Waals surface area contributed by atoms with Crippen molar-refractivity contribution in [3.05, 3.63) is 0 Å². The van der Waals surface area contributed by atoms with E-state index in [1.165, 1.54) is 0 Å². The summed E-state index contributed by atoms with van der Waals surface area (Å²) >= 11 is 0. The van der Waals surface area contributed by atoms with Crippen molar-refractivity contribution in [2.75, 3.05) is 0 Å². The maximum atomic E-state index is 11.9. The summed E-state index contributed by atoms with van der Waals surface area (Å²) in [7, 11) is 0. The van der Waals surface area contributed by atoms with Gasteiger partial charge in [-0.3, -0.25) is 4.79 Å². The number of hydrogen-bond acceptors (Lipinski definition) is 2. The Hall–Kier alpha value is -0.570. The van der Waals surface area contributed by atoms with Gasteiger partial charge in [-0.2, -0.15) is 0 Å². The van der Waals surface area contributed by atoms with Crippen LogP contribution in [0.5, 0.6) is 0 Å². The van der Waals surface area contributed by atoms with Crippen LogP contribution in [0.3, 0.4) is 0 Å². The van der Waals surface area contributed by atoms with Crippen LogP contribution >= 0.6 is 0 Å². The molecule has 3 heteroatoms. The van der Waals surface area contributed by atoms with Crippen molar-refractivity contribution < 1.29 is 9.90 Å². The summed E-state index contributed by atoms with van der Waals surface area (Å²) in [4.78, 5) is 11.9. The largest absolute Gasteiger partial charge is 0.393 e. The molecule has 2 N–H and O–H groups in total. The van der Waals surface area contributed by atoms with Gasteiger partial charge in [0.25, 0.3) is 0 Å². The van der Waals surface area contributed by atoms with Gasteiger partial charge in [0, 0.05) is 12.0 Å². The highest BCUT2D eigenvalue weighted by Gasteiger charge is 2.18.